The summed E-state index contributed by atoms with van der Waals surface area (Å²) >= 11 is 0. The first-order valence-electron chi connectivity index (χ1n) is 19.8. The molecule has 7 rings (SSSR count). The highest BCUT2D eigenvalue weighted by Crippen LogP contribution is 2.47. The van der Waals surface area contributed by atoms with Crippen molar-refractivity contribution in [2.75, 3.05) is 6.54 Å². The van der Waals surface area contributed by atoms with E-state index >= 15 is 0 Å². The van der Waals surface area contributed by atoms with Gasteiger partial charge in [0.2, 0.25) is 21.8 Å². The van der Waals surface area contributed by atoms with E-state index in [4.69, 9.17) is 9.72 Å². The zero-order valence-electron chi connectivity index (χ0n) is 33.4. The zero-order valence-corrected chi connectivity index (χ0v) is 34.2. The molecule has 2 aliphatic carbocycles. The lowest BCUT2D eigenvalue weighted by Gasteiger charge is -2.38. The second-order valence-electron chi connectivity index (χ2n) is 17.2. The minimum absolute atomic E-state index is 0.112. The average molecular weight is 864 g/mol. The van der Waals surface area contributed by atoms with E-state index in [1.54, 1.807) is 19.1 Å². The van der Waals surface area contributed by atoms with Gasteiger partial charge >= 0.3 is 18.2 Å². The van der Waals surface area contributed by atoms with E-state index in [1.807, 2.05) is 24.3 Å². The summed E-state index contributed by atoms with van der Waals surface area (Å²) in [6.07, 6.45) is -1.63. The number of rotatable bonds is 6. The molecule has 1 saturated carbocycles. The van der Waals surface area contributed by atoms with Gasteiger partial charge in [-0.05, 0) is 78.7 Å². The van der Waals surface area contributed by atoms with Gasteiger partial charge in [-0.2, -0.15) is 22.0 Å². The Bertz CT molecular complexity index is 2340. The summed E-state index contributed by atoms with van der Waals surface area (Å²) in [7, 11) is -4.19. The molecule has 60 heavy (non-hydrogen) atoms. The molecule has 13 nitrogen and oxygen atoms in total. The molecule has 4 amide bonds. The number of amides is 4. The number of ether oxygens (including phenoxy) is 2. The Labute approximate surface area is 343 Å². The van der Waals surface area contributed by atoms with Crippen LogP contribution < -0.4 is 20.1 Å². The lowest BCUT2D eigenvalue weighted by Crippen LogP contribution is -2.68. The fourth-order valence-electron chi connectivity index (χ4n) is 8.26. The number of pyridine rings is 1. The molecular formula is C41H46F5N5O8S. The fourth-order valence-corrected chi connectivity index (χ4v) is 9.55. The van der Waals surface area contributed by atoms with E-state index in [-0.39, 0.29) is 32.2 Å². The molecule has 0 radical (unpaired) electrons. The Morgan fingerprint density at radius 3 is 2.45 bits per heavy atom. The number of para-hydroxylation sites is 1. The monoisotopic (exact) mass is 863 g/mol. The van der Waals surface area contributed by atoms with E-state index in [9.17, 15) is 49.5 Å². The number of nitrogens with zero attached hydrogens (tertiary/aromatic N) is 2. The van der Waals surface area contributed by atoms with Gasteiger partial charge in [-0.15, -0.1) is 0 Å². The number of fused-ring (bicyclic) bond motifs is 5. The van der Waals surface area contributed by atoms with E-state index < -0.39 is 85.4 Å². The van der Waals surface area contributed by atoms with Crippen molar-refractivity contribution in [3.05, 3.63) is 47.7 Å². The van der Waals surface area contributed by atoms with Gasteiger partial charge in [0.05, 0.1) is 28.4 Å². The van der Waals surface area contributed by atoms with Gasteiger partial charge in [0, 0.05) is 17.4 Å². The number of carbonyl (C=O) groups excluding carboxylic acids is 4. The van der Waals surface area contributed by atoms with E-state index in [0.717, 1.165) is 21.4 Å². The third kappa shape index (κ3) is 7.53. The van der Waals surface area contributed by atoms with Gasteiger partial charge in [0.25, 0.3) is 5.91 Å². The van der Waals surface area contributed by atoms with Crippen molar-refractivity contribution < 1.29 is 59.0 Å². The van der Waals surface area contributed by atoms with Gasteiger partial charge in [0.1, 0.15) is 23.4 Å². The van der Waals surface area contributed by atoms with Crippen LogP contribution in [0, 0.1) is 24.7 Å². The maximum absolute atomic E-state index is 14.7. The van der Waals surface area contributed by atoms with Crippen LogP contribution >= 0.6 is 0 Å². The van der Waals surface area contributed by atoms with Gasteiger partial charge < -0.3 is 25.0 Å². The summed E-state index contributed by atoms with van der Waals surface area (Å²) in [6.45, 7) is 3.79. The van der Waals surface area contributed by atoms with Crippen LogP contribution in [0.4, 0.5) is 26.7 Å². The van der Waals surface area contributed by atoms with E-state index in [1.165, 1.54) is 6.92 Å². The number of sulfonamides is 1. The average Bonchev–Trinajstić information content (AvgIpc) is 3.82. The second-order valence-corrected chi connectivity index (χ2v) is 19.4. The number of carbonyl (C=O) groups is 4. The number of aryl methyl sites for hydroxylation is 2. The molecule has 3 aliphatic heterocycles. The van der Waals surface area contributed by atoms with Gasteiger partial charge in [0.15, 0.2) is 11.1 Å². The molecule has 0 bridgehead atoms. The normalized spacial score (nSPS) is 28.5. The SMILES string of the molecule is Cc1nc2ccccc2c2c1O[C@]1(CC2)C[C@H]2C(=O)N[C@]3(C(=O)NS(=O)(=O)C4(C)CC4)C#C[C@H]3/C=C\CCCCC[C@H](NC(=O)OC(C)(C)C(F)(F)C(F)(F)F)C(=O)N2C1. The van der Waals surface area contributed by atoms with Crippen LogP contribution in [0.5, 0.6) is 5.75 Å². The van der Waals surface area contributed by atoms with Crippen molar-refractivity contribution in [3.8, 4) is 17.6 Å². The topological polar surface area (TPSA) is 173 Å². The van der Waals surface area contributed by atoms with Crippen molar-refractivity contribution >= 4 is 44.7 Å². The van der Waals surface area contributed by atoms with Crippen molar-refractivity contribution in [2.45, 2.75) is 138 Å². The predicted octanol–water partition coefficient (Wildman–Crippen LogP) is 5.29. The molecular weight excluding hydrogens is 818 g/mol. The zero-order chi connectivity index (χ0) is 43.7. The fraction of sp³-hybridized carbons (Fsp3) is 0.585. The molecule has 2 fully saturated rings. The number of halogens is 5. The summed E-state index contributed by atoms with van der Waals surface area (Å²) in [5.41, 5.74) is -4.53. The first-order chi connectivity index (χ1) is 27.9. The third-order valence-electron chi connectivity index (χ3n) is 12.4. The van der Waals surface area contributed by atoms with Crippen LogP contribution in [-0.2, 0) is 35.6 Å². The largest absolute Gasteiger partial charge is 0.483 e. The quantitative estimate of drug-likeness (QED) is 0.198. The molecule has 324 valence electrons. The maximum Gasteiger partial charge on any atom is 0.457 e. The van der Waals surface area contributed by atoms with Gasteiger partial charge in [-0.1, -0.05) is 55.0 Å². The summed E-state index contributed by atoms with van der Waals surface area (Å²) in [4.78, 5) is 62.4. The molecule has 5 atom stereocenters. The summed E-state index contributed by atoms with van der Waals surface area (Å²) in [5.74, 6) is -3.30. The van der Waals surface area contributed by atoms with E-state index in [0.29, 0.717) is 63.8 Å². The highest BCUT2D eigenvalue weighted by molar-refractivity contribution is 7.91. The Kier molecular flexibility index (Phi) is 10.7. The van der Waals surface area contributed by atoms with E-state index in [2.05, 4.69) is 31.9 Å². The second kappa shape index (κ2) is 14.9. The van der Waals surface area contributed by atoms with Crippen molar-refractivity contribution in [3.63, 3.8) is 0 Å². The maximum atomic E-state index is 14.7. The lowest BCUT2D eigenvalue weighted by atomic mass is 9.75. The number of hydrogen-bond donors (Lipinski definition) is 3. The van der Waals surface area contributed by atoms with Crippen molar-refractivity contribution in [1.82, 2.24) is 25.2 Å². The highest BCUT2D eigenvalue weighted by Gasteiger charge is 2.69. The minimum atomic E-state index is -6.06. The number of benzene rings is 1. The van der Waals surface area contributed by atoms with Crippen molar-refractivity contribution in [1.29, 1.82) is 0 Å². The molecule has 2 aromatic rings. The Morgan fingerprint density at radius 2 is 1.78 bits per heavy atom. The summed E-state index contributed by atoms with van der Waals surface area (Å²) in [6, 6.07) is 4.47. The van der Waals surface area contributed by atoms with Gasteiger partial charge in [-0.3, -0.25) is 14.4 Å². The Balaban J connectivity index is 1.24. The minimum Gasteiger partial charge on any atom is -0.483 e. The first kappa shape index (κ1) is 43.1. The molecule has 1 spiro atoms. The molecule has 5 aliphatic rings. The molecule has 0 unspecified atom stereocenters. The molecule has 3 N–H and O–H groups in total. The smallest absolute Gasteiger partial charge is 0.457 e. The molecule has 1 aromatic heterocycles. The molecule has 19 heteroatoms. The lowest BCUT2D eigenvalue weighted by molar-refractivity contribution is -0.332. The standard InChI is InChI=1S/C41H46F5N5O8S/c1-24-31-27(26-13-10-11-14-28(26)47-24)17-18-38(58-31)22-30-32(52)49-39(34(54)50-60(56,57)37(4)20-21-37)19-16-25(39)12-8-6-5-7-9-15-29(33(53)51(30)23-38)48-35(55)59-36(2,3)40(42,43)41(44,45)46/h8,10-14,25,29-30H,5-7,9,15,17-18,20-23H2,1-4H3,(H,48,55)(H,49,52)(H,50,54)/b12-8-/t25-,29+,30+,38-,39-/m1/s1. The van der Waals surface area contributed by atoms with Crippen LogP contribution in [0.1, 0.15) is 89.8 Å². The number of alkyl halides is 5. The summed E-state index contributed by atoms with van der Waals surface area (Å²) < 4.78 is 108. The van der Waals surface area contributed by atoms with Crippen molar-refractivity contribution in [2.24, 2.45) is 5.92 Å². The molecule has 1 saturated heterocycles. The van der Waals surface area contributed by atoms with Gasteiger partial charge in [-0.25, -0.2) is 22.9 Å². The Hall–Kier alpha value is -4.99. The van der Waals surface area contributed by atoms with Crippen LogP contribution in [0.3, 0.4) is 0 Å². The number of aromatic nitrogens is 1. The number of hydrogen-bond acceptors (Lipinski definition) is 9. The highest BCUT2D eigenvalue weighted by atomic mass is 32.2. The molecule has 4 heterocycles. The van der Waals surface area contributed by atoms with Crippen LogP contribution in [-0.4, -0.2) is 94.3 Å². The molecule has 1 aromatic carbocycles. The first-order valence-corrected chi connectivity index (χ1v) is 21.3. The Morgan fingerprint density at radius 1 is 1.07 bits per heavy atom. The van der Waals surface area contributed by atoms with Crippen LogP contribution in [0.2, 0.25) is 0 Å². The number of allylic oxidation sites excluding steroid dienone is 1. The summed E-state index contributed by atoms with van der Waals surface area (Å²) in [5, 5.41) is 5.72. The van der Waals surface area contributed by atoms with Crippen LogP contribution in [0.15, 0.2) is 36.4 Å². The predicted molar refractivity (Wildman–Crippen MR) is 206 cm³/mol. The third-order valence-corrected chi connectivity index (χ3v) is 14.6. The number of alkyl carbamates (subject to hydrolysis) is 1. The number of nitrogens with one attached hydrogen (secondary N) is 3. The van der Waals surface area contributed by atoms with Crippen LogP contribution in [0.25, 0.3) is 10.9 Å².